The molecule has 1 aliphatic rings. The molecule has 4 rings (SSSR count). The number of carboxylic acid groups (broad SMARTS) is 1. The zero-order chi connectivity index (χ0) is 23.5. The molecule has 0 bridgehead atoms. The summed E-state index contributed by atoms with van der Waals surface area (Å²) >= 11 is 0. The quantitative estimate of drug-likeness (QED) is 0.519. The highest BCUT2D eigenvalue weighted by Crippen LogP contribution is 2.44. The van der Waals surface area contributed by atoms with E-state index < -0.39 is 29.8 Å². The normalized spacial score (nSPS) is 12.9. The summed E-state index contributed by atoms with van der Waals surface area (Å²) in [6.07, 6.45) is -0.928. The fourth-order valence-electron chi connectivity index (χ4n) is 3.91. The first kappa shape index (κ1) is 22.0. The van der Waals surface area contributed by atoms with Crippen molar-refractivity contribution in [3.8, 4) is 11.1 Å². The second kappa shape index (κ2) is 9.12. The van der Waals surface area contributed by atoms with Gasteiger partial charge in [-0.2, -0.15) is 0 Å². The summed E-state index contributed by atoms with van der Waals surface area (Å²) < 4.78 is 19.8. The van der Waals surface area contributed by atoms with Crippen LogP contribution in [0.25, 0.3) is 11.1 Å². The van der Waals surface area contributed by atoms with Crippen LogP contribution in [0.15, 0.2) is 66.7 Å². The first-order chi connectivity index (χ1) is 15.9. The van der Waals surface area contributed by atoms with Crippen molar-refractivity contribution >= 4 is 23.7 Å². The molecule has 1 unspecified atom stereocenters. The number of halogens is 1. The number of carbonyl (C=O) groups is 3. The van der Waals surface area contributed by atoms with E-state index in [-0.39, 0.29) is 23.8 Å². The first-order valence-electron chi connectivity index (χ1n) is 10.3. The standard InChI is InChI=1S/C25H21FN2O5/c1-14(24(30)31)27-23(29)19-11-6-12-21(26)22(19)28-25(32)33-13-20-17-9-4-2-7-15(17)16-8-3-5-10-18(16)20/h2-12,14,20H,13H2,1H3,(H,27,29)(H,28,32)(H,30,31). The summed E-state index contributed by atoms with van der Waals surface area (Å²) in [5.74, 6) is -3.11. The third-order valence-electron chi connectivity index (χ3n) is 5.55. The zero-order valence-corrected chi connectivity index (χ0v) is 17.7. The van der Waals surface area contributed by atoms with Gasteiger partial charge in [-0.3, -0.25) is 14.9 Å². The molecule has 3 aromatic rings. The van der Waals surface area contributed by atoms with Crippen LogP contribution in [0.3, 0.4) is 0 Å². The van der Waals surface area contributed by atoms with E-state index in [2.05, 4.69) is 10.6 Å². The van der Waals surface area contributed by atoms with Gasteiger partial charge in [0, 0.05) is 5.92 Å². The maximum atomic E-state index is 14.4. The number of hydrogen-bond donors (Lipinski definition) is 3. The number of nitrogens with one attached hydrogen (secondary N) is 2. The fourth-order valence-corrected chi connectivity index (χ4v) is 3.91. The predicted molar refractivity (Wildman–Crippen MR) is 120 cm³/mol. The molecule has 0 saturated carbocycles. The number of benzene rings is 3. The van der Waals surface area contributed by atoms with Crippen molar-refractivity contribution in [1.29, 1.82) is 0 Å². The van der Waals surface area contributed by atoms with Crippen LogP contribution in [0.1, 0.15) is 34.3 Å². The SMILES string of the molecule is CC(NC(=O)c1cccc(F)c1NC(=O)OCC1c2ccccc2-c2ccccc21)C(=O)O. The predicted octanol–water partition coefficient (Wildman–Crippen LogP) is 4.39. The molecule has 168 valence electrons. The molecule has 8 heteroatoms. The Kier molecular flexibility index (Phi) is 6.08. The molecule has 3 aromatic carbocycles. The van der Waals surface area contributed by atoms with E-state index >= 15 is 0 Å². The number of aliphatic carboxylic acids is 1. The molecule has 0 aromatic heterocycles. The van der Waals surface area contributed by atoms with Gasteiger partial charge >= 0.3 is 12.1 Å². The van der Waals surface area contributed by atoms with E-state index in [1.54, 1.807) is 0 Å². The van der Waals surface area contributed by atoms with Crippen LogP contribution in [-0.4, -0.2) is 35.7 Å². The third-order valence-corrected chi connectivity index (χ3v) is 5.55. The second-order valence-electron chi connectivity index (χ2n) is 7.65. The first-order valence-corrected chi connectivity index (χ1v) is 10.3. The van der Waals surface area contributed by atoms with Crippen LogP contribution in [0.2, 0.25) is 0 Å². The number of fused-ring (bicyclic) bond motifs is 3. The highest BCUT2D eigenvalue weighted by atomic mass is 19.1. The van der Waals surface area contributed by atoms with Gasteiger partial charge in [0.2, 0.25) is 0 Å². The number of rotatable bonds is 6. The topological polar surface area (TPSA) is 105 Å². The minimum absolute atomic E-state index is 0.0197. The molecule has 33 heavy (non-hydrogen) atoms. The van der Waals surface area contributed by atoms with Gasteiger partial charge in [-0.1, -0.05) is 54.6 Å². The van der Waals surface area contributed by atoms with Gasteiger partial charge < -0.3 is 15.2 Å². The van der Waals surface area contributed by atoms with Gasteiger partial charge in [-0.15, -0.1) is 0 Å². The van der Waals surface area contributed by atoms with E-state index in [0.29, 0.717) is 0 Å². The minimum atomic E-state index is -1.24. The Bertz CT molecular complexity index is 1200. The van der Waals surface area contributed by atoms with Crippen LogP contribution in [0.4, 0.5) is 14.9 Å². The fraction of sp³-hybridized carbons (Fsp3) is 0.160. The Morgan fingerprint density at radius 1 is 0.970 bits per heavy atom. The largest absolute Gasteiger partial charge is 0.480 e. The zero-order valence-electron chi connectivity index (χ0n) is 17.7. The molecule has 2 amide bonds. The molecule has 3 N–H and O–H groups in total. The van der Waals surface area contributed by atoms with Crippen LogP contribution in [0, 0.1) is 5.82 Å². The number of anilines is 1. The van der Waals surface area contributed by atoms with Crippen molar-refractivity contribution in [1.82, 2.24) is 5.32 Å². The summed E-state index contributed by atoms with van der Waals surface area (Å²) in [6.45, 7) is 1.30. The average Bonchev–Trinajstić information content (AvgIpc) is 3.12. The lowest BCUT2D eigenvalue weighted by molar-refractivity contribution is -0.138. The lowest BCUT2D eigenvalue weighted by atomic mass is 9.98. The van der Waals surface area contributed by atoms with Crippen molar-refractivity contribution in [2.75, 3.05) is 11.9 Å². The van der Waals surface area contributed by atoms with E-state index in [9.17, 15) is 18.8 Å². The summed E-state index contributed by atoms with van der Waals surface area (Å²) in [5, 5.41) is 13.5. The molecule has 0 spiro atoms. The van der Waals surface area contributed by atoms with Gasteiger partial charge in [0.25, 0.3) is 5.91 Å². The van der Waals surface area contributed by atoms with Crippen LogP contribution in [-0.2, 0) is 9.53 Å². The molecule has 1 atom stereocenters. The van der Waals surface area contributed by atoms with Crippen LogP contribution >= 0.6 is 0 Å². The number of para-hydroxylation sites is 1. The lowest BCUT2D eigenvalue weighted by Gasteiger charge is -2.16. The van der Waals surface area contributed by atoms with Crippen molar-refractivity contribution in [2.45, 2.75) is 18.9 Å². The molecule has 0 radical (unpaired) electrons. The van der Waals surface area contributed by atoms with Gasteiger partial charge in [0.1, 0.15) is 18.5 Å². The molecule has 0 saturated heterocycles. The molecular weight excluding hydrogens is 427 g/mol. The smallest absolute Gasteiger partial charge is 0.411 e. The van der Waals surface area contributed by atoms with Gasteiger partial charge in [0.15, 0.2) is 0 Å². The van der Waals surface area contributed by atoms with Crippen LogP contribution < -0.4 is 10.6 Å². The maximum absolute atomic E-state index is 14.4. The highest BCUT2D eigenvalue weighted by Gasteiger charge is 2.29. The van der Waals surface area contributed by atoms with Gasteiger partial charge in [-0.05, 0) is 41.3 Å². The van der Waals surface area contributed by atoms with Gasteiger partial charge in [0.05, 0.1) is 11.3 Å². The van der Waals surface area contributed by atoms with Crippen molar-refractivity contribution in [2.24, 2.45) is 0 Å². The Labute approximate surface area is 189 Å². The molecule has 1 aliphatic carbocycles. The summed E-state index contributed by atoms with van der Waals surface area (Å²) in [4.78, 5) is 36.0. The maximum Gasteiger partial charge on any atom is 0.411 e. The number of carboxylic acids is 1. The Morgan fingerprint density at radius 3 is 2.18 bits per heavy atom. The Morgan fingerprint density at radius 2 is 1.58 bits per heavy atom. The van der Waals surface area contributed by atoms with E-state index in [1.165, 1.54) is 19.1 Å². The molecule has 0 heterocycles. The van der Waals surface area contributed by atoms with E-state index in [4.69, 9.17) is 9.84 Å². The number of amides is 2. The summed E-state index contributed by atoms with van der Waals surface area (Å²) in [7, 11) is 0. The average molecular weight is 448 g/mol. The Hall–Kier alpha value is -4.20. The number of hydrogen-bond acceptors (Lipinski definition) is 4. The molecule has 7 nitrogen and oxygen atoms in total. The summed E-state index contributed by atoms with van der Waals surface area (Å²) in [6, 6.07) is 18.2. The lowest BCUT2D eigenvalue weighted by Crippen LogP contribution is -2.38. The molecule has 0 aliphatic heterocycles. The molecule has 0 fully saturated rings. The minimum Gasteiger partial charge on any atom is -0.480 e. The molecular formula is C25H21FN2O5. The van der Waals surface area contributed by atoms with Crippen molar-refractivity contribution in [3.63, 3.8) is 0 Å². The van der Waals surface area contributed by atoms with Crippen LogP contribution in [0.5, 0.6) is 0 Å². The third kappa shape index (κ3) is 4.41. The number of ether oxygens (including phenoxy) is 1. The monoisotopic (exact) mass is 448 g/mol. The van der Waals surface area contributed by atoms with Gasteiger partial charge in [-0.25, -0.2) is 9.18 Å². The van der Waals surface area contributed by atoms with E-state index in [1.807, 2.05) is 48.5 Å². The number of carbonyl (C=O) groups excluding carboxylic acids is 2. The van der Waals surface area contributed by atoms with Crippen molar-refractivity contribution in [3.05, 3.63) is 89.2 Å². The summed E-state index contributed by atoms with van der Waals surface area (Å²) in [5.41, 5.74) is 3.60. The Balaban J connectivity index is 1.49. The highest BCUT2D eigenvalue weighted by molar-refractivity contribution is 6.04. The second-order valence-corrected chi connectivity index (χ2v) is 7.65. The van der Waals surface area contributed by atoms with Crippen molar-refractivity contribution < 1.29 is 28.6 Å². The van der Waals surface area contributed by atoms with E-state index in [0.717, 1.165) is 28.3 Å².